The van der Waals surface area contributed by atoms with Crippen molar-refractivity contribution in [2.24, 2.45) is 0 Å². The number of fused-ring (bicyclic) bond motifs is 2. The van der Waals surface area contributed by atoms with E-state index in [1.807, 2.05) is 42.5 Å². The van der Waals surface area contributed by atoms with Crippen molar-refractivity contribution in [3.8, 4) is 18.1 Å². The maximum absolute atomic E-state index is 13.2. The molecule has 1 saturated heterocycles. The zero-order chi connectivity index (χ0) is 23.3. The Hall–Kier alpha value is -3.89. The molecule has 2 aliphatic rings. The molecular formula is C27H27N5O2. The van der Waals surface area contributed by atoms with Gasteiger partial charge in [-0.1, -0.05) is 18.1 Å². The minimum Gasteiger partial charge on any atom is -0.491 e. The Kier molecular flexibility index (Phi) is 6.41. The SMILES string of the molecule is C#Cc1cccc(Nc2ncnc3cc4c(cc23)N(C(=O)/C=C/CN2CCCC2)CCCO4)c1. The molecule has 0 unspecified atom stereocenters. The maximum Gasteiger partial charge on any atom is 0.250 e. The summed E-state index contributed by atoms with van der Waals surface area (Å²) in [6.45, 7) is 4.15. The number of benzene rings is 2. The van der Waals surface area contributed by atoms with Gasteiger partial charge in [-0.3, -0.25) is 9.69 Å². The van der Waals surface area contributed by atoms with Gasteiger partial charge in [0.15, 0.2) is 0 Å². The number of carbonyl (C=O) groups excluding carboxylic acids is 1. The van der Waals surface area contributed by atoms with Gasteiger partial charge in [0.2, 0.25) is 0 Å². The first-order chi connectivity index (χ1) is 16.7. The Morgan fingerprint density at radius 1 is 1.15 bits per heavy atom. The van der Waals surface area contributed by atoms with Crippen LogP contribution in [0.4, 0.5) is 17.2 Å². The van der Waals surface area contributed by atoms with E-state index < -0.39 is 0 Å². The second kappa shape index (κ2) is 9.94. The van der Waals surface area contributed by atoms with Gasteiger partial charge in [-0.05, 0) is 56.6 Å². The minimum atomic E-state index is -0.0432. The molecule has 1 aromatic heterocycles. The van der Waals surface area contributed by atoms with Crippen molar-refractivity contribution in [1.82, 2.24) is 14.9 Å². The van der Waals surface area contributed by atoms with E-state index in [-0.39, 0.29) is 5.91 Å². The first-order valence-electron chi connectivity index (χ1n) is 11.7. The third kappa shape index (κ3) is 4.73. The average Bonchev–Trinajstić information content (AvgIpc) is 3.29. The van der Waals surface area contributed by atoms with Crippen molar-refractivity contribution in [3.05, 3.63) is 60.4 Å². The van der Waals surface area contributed by atoms with Gasteiger partial charge in [0.05, 0.1) is 17.8 Å². The third-order valence-corrected chi connectivity index (χ3v) is 6.17. The van der Waals surface area contributed by atoms with E-state index >= 15 is 0 Å². The summed E-state index contributed by atoms with van der Waals surface area (Å²) in [5.74, 6) is 3.90. The van der Waals surface area contributed by atoms with Gasteiger partial charge in [0.25, 0.3) is 5.91 Å². The quantitative estimate of drug-likeness (QED) is 0.463. The van der Waals surface area contributed by atoms with Gasteiger partial charge in [0.1, 0.15) is 17.9 Å². The molecule has 1 amide bonds. The Morgan fingerprint density at radius 3 is 2.88 bits per heavy atom. The second-order valence-electron chi connectivity index (χ2n) is 8.51. The molecular weight excluding hydrogens is 426 g/mol. The molecule has 3 heterocycles. The van der Waals surface area contributed by atoms with Crippen molar-refractivity contribution in [1.29, 1.82) is 0 Å². The molecule has 2 aliphatic heterocycles. The van der Waals surface area contributed by atoms with Gasteiger partial charge in [-0.15, -0.1) is 6.42 Å². The summed E-state index contributed by atoms with van der Waals surface area (Å²) in [4.78, 5) is 26.2. The van der Waals surface area contributed by atoms with Crippen LogP contribution in [0, 0.1) is 12.3 Å². The van der Waals surface area contributed by atoms with Gasteiger partial charge in [-0.25, -0.2) is 9.97 Å². The molecule has 0 atom stereocenters. The number of likely N-dealkylation sites (tertiary alicyclic amines) is 1. The molecule has 172 valence electrons. The fourth-order valence-corrected chi connectivity index (χ4v) is 4.43. The summed E-state index contributed by atoms with van der Waals surface area (Å²) in [7, 11) is 0. The fourth-order valence-electron chi connectivity index (χ4n) is 4.43. The number of anilines is 3. The summed E-state index contributed by atoms with van der Waals surface area (Å²) < 4.78 is 5.98. The van der Waals surface area contributed by atoms with E-state index in [1.165, 1.54) is 19.2 Å². The normalized spacial score (nSPS) is 16.1. The Bertz CT molecular complexity index is 1270. The van der Waals surface area contributed by atoms with Crippen molar-refractivity contribution >= 4 is 34.0 Å². The van der Waals surface area contributed by atoms with Crippen molar-refractivity contribution in [3.63, 3.8) is 0 Å². The molecule has 0 aliphatic carbocycles. The van der Waals surface area contributed by atoms with Crippen LogP contribution in [-0.2, 0) is 4.79 Å². The maximum atomic E-state index is 13.2. The van der Waals surface area contributed by atoms with Crippen LogP contribution < -0.4 is 15.0 Å². The van der Waals surface area contributed by atoms with Crippen molar-refractivity contribution in [2.45, 2.75) is 19.3 Å². The van der Waals surface area contributed by atoms with Crippen molar-refractivity contribution in [2.75, 3.05) is 43.0 Å². The molecule has 0 saturated carbocycles. The number of nitrogens with zero attached hydrogens (tertiary/aromatic N) is 4. The molecule has 0 bridgehead atoms. The molecule has 3 aromatic rings. The van der Waals surface area contributed by atoms with E-state index in [1.54, 1.807) is 11.0 Å². The van der Waals surface area contributed by atoms with Crippen LogP contribution in [0.2, 0.25) is 0 Å². The summed E-state index contributed by atoms with van der Waals surface area (Å²) in [5.41, 5.74) is 3.09. The smallest absolute Gasteiger partial charge is 0.250 e. The van der Waals surface area contributed by atoms with E-state index in [9.17, 15) is 4.79 Å². The van der Waals surface area contributed by atoms with Crippen LogP contribution in [0.15, 0.2) is 54.9 Å². The number of aromatic nitrogens is 2. The lowest BCUT2D eigenvalue weighted by Gasteiger charge is -2.21. The highest BCUT2D eigenvalue weighted by Crippen LogP contribution is 2.37. The average molecular weight is 454 g/mol. The molecule has 7 nitrogen and oxygen atoms in total. The van der Waals surface area contributed by atoms with E-state index in [0.717, 1.165) is 53.9 Å². The number of carbonyl (C=O) groups is 1. The molecule has 5 rings (SSSR count). The van der Waals surface area contributed by atoms with Crippen LogP contribution in [-0.4, -0.2) is 53.6 Å². The predicted molar refractivity (Wildman–Crippen MR) is 134 cm³/mol. The third-order valence-electron chi connectivity index (χ3n) is 6.17. The largest absolute Gasteiger partial charge is 0.491 e. The Labute approximate surface area is 199 Å². The first kappa shape index (κ1) is 21.9. The number of amides is 1. The highest BCUT2D eigenvalue weighted by Gasteiger charge is 2.23. The molecule has 0 spiro atoms. The highest BCUT2D eigenvalue weighted by molar-refractivity contribution is 6.05. The lowest BCUT2D eigenvalue weighted by Crippen LogP contribution is -2.30. The monoisotopic (exact) mass is 453 g/mol. The van der Waals surface area contributed by atoms with E-state index in [2.05, 4.69) is 26.1 Å². The number of hydrogen-bond donors (Lipinski definition) is 1. The number of terminal acetylenes is 1. The topological polar surface area (TPSA) is 70.6 Å². The van der Waals surface area contributed by atoms with Crippen LogP contribution in [0.5, 0.6) is 5.75 Å². The minimum absolute atomic E-state index is 0.0432. The summed E-state index contributed by atoms with van der Waals surface area (Å²) in [5, 5.41) is 4.15. The lowest BCUT2D eigenvalue weighted by molar-refractivity contribution is -0.114. The van der Waals surface area contributed by atoms with E-state index in [4.69, 9.17) is 11.2 Å². The number of ether oxygens (including phenoxy) is 1. The summed E-state index contributed by atoms with van der Waals surface area (Å²) >= 11 is 0. The molecule has 1 fully saturated rings. The van der Waals surface area contributed by atoms with Crippen LogP contribution >= 0.6 is 0 Å². The number of hydrogen-bond acceptors (Lipinski definition) is 6. The summed E-state index contributed by atoms with van der Waals surface area (Å²) in [6, 6.07) is 11.4. The van der Waals surface area contributed by atoms with Crippen LogP contribution in [0.3, 0.4) is 0 Å². The molecule has 1 N–H and O–H groups in total. The molecule has 2 aromatic carbocycles. The fraction of sp³-hybridized carbons (Fsp3) is 0.296. The summed E-state index contributed by atoms with van der Waals surface area (Å²) in [6.07, 6.45) is 13.9. The van der Waals surface area contributed by atoms with Crippen molar-refractivity contribution < 1.29 is 9.53 Å². The van der Waals surface area contributed by atoms with Gasteiger partial charge in [0, 0.05) is 41.9 Å². The molecule has 7 heteroatoms. The van der Waals surface area contributed by atoms with Gasteiger partial charge >= 0.3 is 0 Å². The Balaban J connectivity index is 1.46. The number of nitrogens with one attached hydrogen (secondary N) is 1. The lowest BCUT2D eigenvalue weighted by atomic mass is 10.1. The van der Waals surface area contributed by atoms with Gasteiger partial charge < -0.3 is 15.0 Å². The zero-order valence-electron chi connectivity index (χ0n) is 19.0. The standard InChI is InChI=1S/C27H27N5O2/c1-2-20-8-5-9-21(16-20)30-27-22-17-24-25(18-23(22)28-19-29-27)34-15-7-14-32(24)26(33)10-6-13-31-11-3-4-12-31/h1,5-6,8-10,16-19H,3-4,7,11-15H2,(H,28,29,30)/b10-6+. The highest BCUT2D eigenvalue weighted by atomic mass is 16.5. The van der Waals surface area contributed by atoms with Crippen LogP contribution in [0.1, 0.15) is 24.8 Å². The first-order valence-corrected chi connectivity index (χ1v) is 11.7. The zero-order valence-corrected chi connectivity index (χ0v) is 19.0. The number of rotatable bonds is 5. The second-order valence-corrected chi connectivity index (χ2v) is 8.51. The predicted octanol–water partition coefficient (Wildman–Crippen LogP) is 4.12. The Morgan fingerprint density at radius 2 is 2.03 bits per heavy atom. The van der Waals surface area contributed by atoms with Gasteiger partial charge in [-0.2, -0.15) is 0 Å². The molecule has 0 radical (unpaired) electrons. The van der Waals surface area contributed by atoms with Crippen LogP contribution in [0.25, 0.3) is 10.9 Å². The molecule has 34 heavy (non-hydrogen) atoms. The van der Waals surface area contributed by atoms with E-state index in [0.29, 0.717) is 24.7 Å².